The van der Waals surface area contributed by atoms with Gasteiger partial charge in [-0.1, -0.05) is 18.2 Å². The molecule has 0 amide bonds. The van der Waals surface area contributed by atoms with Gasteiger partial charge < -0.3 is 0 Å². The van der Waals surface area contributed by atoms with Gasteiger partial charge in [0, 0.05) is 25.0 Å². The number of rotatable bonds is 2. The summed E-state index contributed by atoms with van der Waals surface area (Å²) in [5.74, 6) is 1.55. The fraction of sp³-hybridized carbons (Fsp3) is 0.500. The second-order valence-corrected chi connectivity index (χ2v) is 5.14. The Morgan fingerprint density at radius 2 is 2.38 bits per heavy atom. The van der Waals surface area contributed by atoms with Crippen LogP contribution >= 0.6 is 0 Å². The van der Waals surface area contributed by atoms with Gasteiger partial charge in [0.25, 0.3) is 0 Å². The molecule has 16 heavy (non-hydrogen) atoms. The van der Waals surface area contributed by atoms with E-state index in [4.69, 9.17) is 0 Å². The Morgan fingerprint density at radius 1 is 1.44 bits per heavy atom. The van der Waals surface area contributed by atoms with Crippen molar-refractivity contribution in [2.24, 2.45) is 11.8 Å². The molecule has 0 radical (unpaired) electrons. The third-order valence-electron chi connectivity index (χ3n) is 3.92. The van der Waals surface area contributed by atoms with Crippen LogP contribution in [0.15, 0.2) is 36.7 Å². The number of likely N-dealkylation sites (N-methyl/N-ethyl adjacent to an activating group) is 1. The normalized spacial score (nSPS) is 33.2. The lowest BCUT2D eigenvalue weighted by atomic mass is 9.75. The summed E-state index contributed by atoms with van der Waals surface area (Å²) in [5.41, 5.74) is 1.38. The Labute approximate surface area is 97.0 Å². The molecule has 1 saturated heterocycles. The average molecular weight is 214 g/mol. The van der Waals surface area contributed by atoms with Gasteiger partial charge in [-0.15, -0.1) is 0 Å². The van der Waals surface area contributed by atoms with E-state index in [0.29, 0.717) is 6.04 Å². The molecule has 3 unspecified atom stereocenters. The molecule has 84 valence electrons. The second kappa shape index (κ2) is 4.02. The molecule has 0 spiro atoms. The van der Waals surface area contributed by atoms with Gasteiger partial charge in [0.2, 0.25) is 0 Å². The van der Waals surface area contributed by atoms with Gasteiger partial charge >= 0.3 is 0 Å². The Bertz CT molecular complexity index is 385. The van der Waals surface area contributed by atoms with Gasteiger partial charge in [0.05, 0.1) is 0 Å². The zero-order chi connectivity index (χ0) is 11.0. The molecule has 4 rings (SSSR count). The first-order chi connectivity index (χ1) is 7.83. The molecule has 1 aromatic heterocycles. The molecule has 1 aliphatic carbocycles. The van der Waals surface area contributed by atoms with E-state index >= 15 is 0 Å². The fourth-order valence-corrected chi connectivity index (χ4v) is 3.19. The third kappa shape index (κ3) is 1.78. The van der Waals surface area contributed by atoms with Crippen molar-refractivity contribution in [1.82, 2.24) is 9.88 Å². The van der Waals surface area contributed by atoms with Crippen LogP contribution in [0.3, 0.4) is 0 Å². The highest BCUT2D eigenvalue weighted by Crippen LogP contribution is 2.35. The summed E-state index contributed by atoms with van der Waals surface area (Å²) in [6, 6.07) is 4.87. The van der Waals surface area contributed by atoms with E-state index in [9.17, 15) is 0 Å². The van der Waals surface area contributed by atoms with Crippen LogP contribution in [0.4, 0.5) is 0 Å². The first-order valence-electron chi connectivity index (χ1n) is 6.10. The molecule has 2 nitrogen and oxygen atoms in total. The molecule has 2 heteroatoms. The number of pyridine rings is 1. The van der Waals surface area contributed by atoms with E-state index < -0.39 is 0 Å². The Kier molecular flexibility index (Phi) is 2.52. The quantitative estimate of drug-likeness (QED) is 0.701. The number of hydrogen-bond donors (Lipinski definition) is 0. The van der Waals surface area contributed by atoms with Crippen molar-refractivity contribution >= 4 is 0 Å². The lowest BCUT2D eigenvalue weighted by Gasteiger charge is -2.44. The standard InChI is InChI=1S/C14H18N2/c1-16-10-12-4-5-14(16)13(8-12)7-11-3-2-6-15-9-11/h2-6,9,12-14H,7-8,10H2,1H3. The van der Waals surface area contributed by atoms with E-state index in [2.05, 4.69) is 35.1 Å². The summed E-state index contributed by atoms with van der Waals surface area (Å²) in [4.78, 5) is 6.69. The lowest BCUT2D eigenvalue weighted by Crippen LogP contribution is -2.48. The summed E-state index contributed by atoms with van der Waals surface area (Å²) in [6.07, 6.45) is 11.2. The van der Waals surface area contributed by atoms with E-state index in [1.165, 1.54) is 24.9 Å². The van der Waals surface area contributed by atoms with Gasteiger partial charge in [-0.25, -0.2) is 0 Å². The molecule has 3 atom stereocenters. The first-order valence-corrected chi connectivity index (χ1v) is 6.10. The van der Waals surface area contributed by atoms with Crippen LogP contribution in [0, 0.1) is 11.8 Å². The van der Waals surface area contributed by atoms with E-state index in [0.717, 1.165) is 11.8 Å². The maximum atomic E-state index is 4.20. The minimum Gasteiger partial charge on any atom is -0.299 e. The molecule has 0 N–H and O–H groups in total. The molecule has 2 bridgehead atoms. The van der Waals surface area contributed by atoms with Crippen LogP contribution < -0.4 is 0 Å². The largest absolute Gasteiger partial charge is 0.299 e. The SMILES string of the molecule is CN1CC2C=CC1C(Cc1cccnc1)C2. The minimum absolute atomic E-state index is 0.644. The van der Waals surface area contributed by atoms with Crippen LogP contribution in [0.1, 0.15) is 12.0 Å². The number of aromatic nitrogens is 1. The predicted octanol–water partition coefficient (Wildman–Crippen LogP) is 2.13. The van der Waals surface area contributed by atoms with Crippen molar-refractivity contribution in [3.05, 3.63) is 42.2 Å². The molecule has 1 aromatic rings. The van der Waals surface area contributed by atoms with Crippen molar-refractivity contribution in [3.8, 4) is 0 Å². The topological polar surface area (TPSA) is 16.1 Å². The van der Waals surface area contributed by atoms with Gasteiger partial charge in [-0.3, -0.25) is 9.88 Å². The van der Waals surface area contributed by atoms with Crippen molar-refractivity contribution in [1.29, 1.82) is 0 Å². The number of fused-ring (bicyclic) bond motifs is 2. The Hall–Kier alpha value is -1.15. The first kappa shape index (κ1) is 10.0. The van der Waals surface area contributed by atoms with Crippen LogP contribution in [0.2, 0.25) is 0 Å². The lowest BCUT2D eigenvalue weighted by molar-refractivity contribution is 0.109. The van der Waals surface area contributed by atoms with Gasteiger partial charge in [0.15, 0.2) is 0 Å². The number of piperidine rings is 1. The maximum Gasteiger partial charge on any atom is 0.0307 e. The second-order valence-electron chi connectivity index (χ2n) is 5.14. The number of nitrogens with zero attached hydrogens (tertiary/aromatic N) is 2. The van der Waals surface area contributed by atoms with E-state index in [1.54, 1.807) is 0 Å². The zero-order valence-electron chi connectivity index (χ0n) is 9.71. The summed E-state index contributed by atoms with van der Waals surface area (Å²) < 4.78 is 0. The van der Waals surface area contributed by atoms with Crippen LogP contribution in [-0.2, 0) is 6.42 Å². The molecular weight excluding hydrogens is 196 g/mol. The summed E-state index contributed by atoms with van der Waals surface area (Å²) >= 11 is 0. The molecule has 0 saturated carbocycles. The highest BCUT2D eigenvalue weighted by Gasteiger charge is 2.35. The highest BCUT2D eigenvalue weighted by atomic mass is 15.1. The Morgan fingerprint density at radius 3 is 3.06 bits per heavy atom. The summed E-state index contributed by atoms with van der Waals surface area (Å²) in [6.45, 7) is 1.24. The number of hydrogen-bond acceptors (Lipinski definition) is 2. The molecular formula is C14H18N2. The van der Waals surface area contributed by atoms with Crippen molar-refractivity contribution in [2.45, 2.75) is 18.9 Å². The summed E-state index contributed by atoms with van der Waals surface area (Å²) in [5, 5.41) is 0. The molecule has 3 aliphatic rings. The fourth-order valence-electron chi connectivity index (χ4n) is 3.19. The molecule has 1 fully saturated rings. The minimum atomic E-state index is 0.644. The van der Waals surface area contributed by atoms with Crippen molar-refractivity contribution in [3.63, 3.8) is 0 Å². The zero-order valence-corrected chi connectivity index (χ0v) is 9.71. The van der Waals surface area contributed by atoms with E-state index in [-0.39, 0.29) is 0 Å². The van der Waals surface area contributed by atoms with Gasteiger partial charge in [-0.05, 0) is 43.4 Å². The Balaban J connectivity index is 1.75. The maximum absolute atomic E-state index is 4.20. The molecule has 0 aromatic carbocycles. The van der Waals surface area contributed by atoms with Crippen molar-refractivity contribution < 1.29 is 0 Å². The molecule has 3 heterocycles. The van der Waals surface area contributed by atoms with E-state index in [1.807, 2.05) is 18.5 Å². The third-order valence-corrected chi connectivity index (χ3v) is 3.92. The monoisotopic (exact) mass is 214 g/mol. The van der Waals surface area contributed by atoms with Gasteiger partial charge in [0.1, 0.15) is 0 Å². The smallest absolute Gasteiger partial charge is 0.0307 e. The van der Waals surface area contributed by atoms with Crippen LogP contribution in [0.25, 0.3) is 0 Å². The predicted molar refractivity (Wildman–Crippen MR) is 65.1 cm³/mol. The average Bonchev–Trinajstić information content (AvgIpc) is 2.30. The van der Waals surface area contributed by atoms with Gasteiger partial charge in [-0.2, -0.15) is 0 Å². The molecule has 2 aliphatic heterocycles. The van der Waals surface area contributed by atoms with Crippen LogP contribution in [-0.4, -0.2) is 29.5 Å². The van der Waals surface area contributed by atoms with Crippen LogP contribution in [0.5, 0.6) is 0 Å². The highest BCUT2D eigenvalue weighted by molar-refractivity contribution is 5.16. The van der Waals surface area contributed by atoms with Crippen molar-refractivity contribution in [2.75, 3.05) is 13.6 Å². The summed E-state index contributed by atoms with van der Waals surface area (Å²) in [7, 11) is 2.25.